The van der Waals surface area contributed by atoms with Crippen molar-refractivity contribution in [3.63, 3.8) is 0 Å². The lowest BCUT2D eigenvalue weighted by Gasteiger charge is -2.27. The number of sulfonamides is 1. The summed E-state index contributed by atoms with van der Waals surface area (Å²) in [5.41, 5.74) is 0.788. The first-order valence-electron chi connectivity index (χ1n) is 10.4. The van der Waals surface area contributed by atoms with Crippen LogP contribution in [0.1, 0.15) is 28.8 Å². The molecule has 11 heteroatoms. The van der Waals surface area contributed by atoms with Crippen LogP contribution in [0.15, 0.2) is 47.4 Å². The van der Waals surface area contributed by atoms with Crippen molar-refractivity contribution >= 4 is 27.3 Å². The normalized spacial score (nSPS) is 17.0. The largest absolute Gasteiger partial charge is 0.379 e. The molecule has 2 aromatic rings. The lowest BCUT2D eigenvalue weighted by atomic mass is 10.1. The highest BCUT2D eigenvalue weighted by molar-refractivity contribution is 7.89. The van der Waals surface area contributed by atoms with Crippen molar-refractivity contribution in [2.45, 2.75) is 30.3 Å². The summed E-state index contributed by atoms with van der Waals surface area (Å²) in [7, 11) is -3.73. The number of anilines is 1. The summed E-state index contributed by atoms with van der Waals surface area (Å²) in [5, 5.41) is 17.2. The predicted molar refractivity (Wildman–Crippen MR) is 117 cm³/mol. The zero-order valence-electron chi connectivity index (χ0n) is 17.3. The number of hydrogen-bond acceptors (Lipinski definition) is 7. The summed E-state index contributed by atoms with van der Waals surface area (Å²) in [5.74, 6) is -0.523. The van der Waals surface area contributed by atoms with Crippen LogP contribution in [-0.2, 0) is 21.3 Å². The Morgan fingerprint density at radius 3 is 2.56 bits per heavy atom. The van der Waals surface area contributed by atoms with E-state index in [1.54, 1.807) is 18.2 Å². The Balaban J connectivity index is 1.50. The Morgan fingerprint density at radius 1 is 1.16 bits per heavy atom. The van der Waals surface area contributed by atoms with Crippen molar-refractivity contribution in [1.82, 2.24) is 9.62 Å². The van der Waals surface area contributed by atoms with E-state index in [1.165, 1.54) is 28.6 Å². The summed E-state index contributed by atoms with van der Waals surface area (Å²) < 4.78 is 32.7. The molecule has 1 saturated carbocycles. The molecule has 0 radical (unpaired) electrons. The van der Waals surface area contributed by atoms with E-state index in [-0.39, 0.29) is 41.8 Å². The molecule has 1 saturated heterocycles. The third-order valence-electron chi connectivity index (χ3n) is 5.39. The van der Waals surface area contributed by atoms with Crippen LogP contribution < -0.4 is 10.6 Å². The monoisotopic (exact) mass is 460 g/mol. The summed E-state index contributed by atoms with van der Waals surface area (Å²) in [6.07, 6.45) is 1.93. The van der Waals surface area contributed by atoms with Gasteiger partial charge in [-0.3, -0.25) is 14.9 Å². The topological polar surface area (TPSA) is 131 Å². The molecule has 2 aromatic carbocycles. The highest BCUT2D eigenvalue weighted by atomic mass is 32.2. The zero-order valence-corrected chi connectivity index (χ0v) is 18.1. The van der Waals surface area contributed by atoms with E-state index in [0.29, 0.717) is 24.5 Å². The number of nitrogens with one attached hydrogen (secondary N) is 2. The summed E-state index contributed by atoms with van der Waals surface area (Å²) in [6, 6.07) is 11.0. The SMILES string of the molecule is O=C(NCc1ccccc1S(=O)(=O)N1CCOCC1)c1ccc(NC2CC2)c([N+](=O)[O-])c1. The number of hydrogen-bond donors (Lipinski definition) is 2. The molecule has 0 bridgehead atoms. The van der Waals surface area contributed by atoms with Gasteiger partial charge in [0.25, 0.3) is 11.6 Å². The predicted octanol–water partition coefficient (Wildman–Crippen LogP) is 2.12. The zero-order chi connectivity index (χ0) is 22.7. The second-order valence-corrected chi connectivity index (χ2v) is 9.62. The van der Waals surface area contributed by atoms with Gasteiger partial charge in [-0.25, -0.2) is 8.42 Å². The minimum absolute atomic E-state index is 0.0333. The molecule has 0 aromatic heterocycles. The molecule has 1 heterocycles. The molecule has 32 heavy (non-hydrogen) atoms. The molecule has 0 atom stereocenters. The minimum atomic E-state index is -3.73. The van der Waals surface area contributed by atoms with Crippen LogP contribution in [0.4, 0.5) is 11.4 Å². The number of carbonyl (C=O) groups is 1. The van der Waals surface area contributed by atoms with Crippen molar-refractivity contribution in [2.24, 2.45) is 0 Å². The van der Waals surface area contributed by atoms with Crippen molar-refractivity contribution in [3.05, 3.63) is 63.7 Å². The minimum Gasteiger partial charge on any atom is -0.379 e. The number of rotatable bonds is 8. The average molecular weight is 461 g/mol. The Labute approximate surface area is 185 Å². The third-order valence-corrected chi connectivity index (χ3v) is 7.39. The number of carbonyl (C=O) groups excluding carboxylic acids is 1. The molecular weight excluding hydrogens is 436 g/mol. The summed E-state index contributed by atoms with van der Waals surface area (Å²) >= 11 is 0. The van der Waals surface area contributed by atoms with Crippen LogP contribution in [0, 0.1) is 10.1 Å². The quantitative estimate of drug-likeness (QED) is 0.456. The maximum absolute atomic E-state index is 13.0. The first kappa shape index (κ1) is 22.2. The second kappa shape index (κ2) is 9.23. The van der Waals surface area contributed by atoms with E-state index in [9.17, 15) is 23.3 Å². The Kier molecular flexibility index (Phi) is 6.40. The lowest BCUT2D eigenvalue weighted by molar-refractivity contribution is -0.384. The molecule has 4 rings (SSSR count). The van der Waals surface area contributed by atoms with Gasteiger partial charge in [-0.1, -0.05) is 18.2 Å². The highest BCUT2D eigenvalue weighted by Crippen LogP contribution is 2.31. The molecule has 0 spiro atoms. The molecule has 2 aliphatic rings. The van der Waals surface area contributed by atoms with Gasteiger partial charge in [-0.05, 0) is 36.6 Å². The molecular formula is C21H24N4O6S. The number of benzene rings is 2. The highest BCUT2D eigenvalue weighted by Gasteiger charge is 2.29. The number of nitro groups is 1. The Hall–Kier alpha value is -3.02. The lowest BCUT2D eigenvalue weighted by Crippen LogP contribution is -2.41. The average Bonchev–Trinajstić information content (AvgIpc) is 3.62. The first-order valence-corrected chi connectivity index (χ1v) is 11.8. The maximum atomic E-state index is 13.0. The first-order chi connectivity index (χ1) is 15.4. The van der Waals surface area contributed by atoms with Gasteiger partial charge in [-0.15, -0.1) is 0 Å². The van der Waals surface area contributed by atoms with E-state index in [1.807, 2.05) is 0 Å². The summed E-state index contributed by atoms with van der Waals surface area (Å²) in [4.78, 5) is 23.7. The van der Waals surface area contributed by atoms with Crippen LogP contribution in [0.5, 0.6) is 0 Å². The molecule has 2 N–H and O–H groups in total. The maximum Gasteiger partial charge on any atom is 0.293 e. The van der Waals surface area contributed by atoms with Crippen molar-refractivity contribution < 1.29 is 22.9 Å². The van der Waals surface area contributed by atoms with E-state index in [0.717, 1.165) is 12.8 Å². The van der Waals surface area contributed by atoms with Crippen LogP contribution in [0.25, 0.3) is 0 Å². The van der Waals surface area contributed by atoms with Gasteiger partial charge >= 0.3 is 0 Å². The number of ether oxygens (including phenoxy) is 1. The molecule has 0 unspecified atom stereocenters. The fourth-order valence-corrected chi connectivity index (χ4v) is 5.13. The molecule has 10 nitrogen and oxygen atoms in total. The third kappa shape index (κ3) is 4.90. The molecule has 2 fully saturated rings. The molecule has 1 aliphatic heterocycles. The standard InChI is InChI=1S/C21H24N4O6S/c26-21(15-5-8-18(23-17-6-7-17)19(13-15)25(27)28)22-14-16-3-1-2-4-20(16)32(29,30)24-9-11-31-12-10-24/h1-5,8,13,17,23H,6-7,9-12,14H2,(H,22,26). The van der Waals surface area contributed by atoms with Gasteiger partial charge < -0.3 is 15.4 Å². The van der Waals surface area contributed by atoms with Gasteiger partial charge in [0, 0.05) is 37.3 Å². The molecule has 1 amide bonds. The van der Waals surface area contributed by atoms with Gasteiger partial charge in [0.15, 0.2) is 0 Å². The number of morpholine rings is 1. The fourth-order valence-electron chi connectivity index (χ4n) is 3.50. The van der Waals surface area contributed by atoms with Gasteiger partial charge in [0.2, 0.25) is 10.0 Å². The second-order valence-electron chi connectivity index (χ2n) is 7.71. The van der Waals surface area contributed by atoms with Crippen LogP contribution >= 0.6 is 0 Å². The van der Waals surface area contributed by atoms with Crippen molar-refractivity contribution in [1.29, 1.82) is 0 Å². The van der Waals surface area contributed by atoms with Gasteiger partial charge in [0.1, 0.15) is 5.69 Å². The number of nitrogens with zero attached hydrogens (tertiary/aromatic N) is 2. The van der Waals surface area contributed by atoms with Gasteiger partial charge in [-0.2, -0.15) is 4.31 Å². The Morgan fingerprint density at radius 2 is 1.88 bits per heavy atom. The van der Waals surface area contributed by atoms with E-state index in [2.05, 4.69) is 10.6 Å². The van der Waals surface area contributed by atoms with Gasteiger partial charge in [0.05, 0.1) is 23.0 Å². The molecule has 170 valence electrons. The molecule has 1 aliphatic carbocycles. The van der Waals surface area contributed by atoms with Crippen LogP contribution in [-0.4, -0.2) is 55.9 Å². The van der Waals surface area contributed by atoms with Crippen molar-refractivity contribution in [2.75, 3.05) is 31.6 Å². The van der Waals surface area contributed by atoms with Crippen LogP contribution in [0.3, 0.4) is 0 Å². The van der Waals surface area contributed by atoms with Crippen molar-refractivity contribution in [3.8, 4) is 0 Å². The number of amides is 1. The van der Waals surface area contributed by atoms with E-state index < -0.39 is 20.9 Å². The smallest absolute Gasteiger partial charge is 0.293 e. The summed E-state index contributed by atoms with van der Waals surface area (Å²) in [6.45, 7) is 1.18. The van der Waals surface area contributed by atoms with Crippen LogP contribution in [0.2, 0.25) is 0 Å². The fraction of sp³-hybridized carbons (Fsp3) is 0.381. The Bertz CT molecular complexity index is 1130. The van der Waals surface area contributed by atoms with E-state index in [4.69, 9.17) is 4.74 Å². The number of nitro benzene ring substituents is 1. The van der Waals surface area contributed by atoms with E-state index >= 15 is 0 Å².